The quantitative estimate of drug-likeness (QED) is 0.300. The summed E-state index contributed by atoms with van der Waals surface area (Å²) in [5.74, 6) is 1.94. The number of ether oxygens (including phenoxy) is 3. The smallest absolute Gasteiger partial charge is 0.338 e. The van der Waals surface area contributed by atoms with Gasteiger partial charge in [0, 0.05) is 41.5 Å². The van der Waals surface area contributed by atoms with Gasteiger partial charge in [-0.25, -0.2) is 4.79 Å². The molecule has 0 N–H and O–H groups in total. The van der Waals surface area contributed by atoms with E-state index in [1.54, 1.807) is 6.07 Å². The molecular weight excluding hydrogens is 351 g/mol. The molecule has 4 nitrogen and oxygen atoms in total. The van der Waals surface area contributed by atoms with Crippen LogP contribution in [0, 0.1) is 0 Å². The second-order valence-electron chi connectivity index (χ2n) is 5.97. The van der Waals surface area contributed by atoms with E-state index >= 15 is 0 Å². The molecule has 131 valence electrons. The molecule has 3 aromatic carbocycles. The monoisotopic (exact) mass is 369 g/mol. The molecule has 0 spiro atoms. The zero-order valence-corrected chi connectivity index (χ0v) is 17.2. The molecule has 0 fully saturated rings. The summed E-state index contributed by atoms with van der Waals surface area (Å²) >= 11 is 0. The van der Waals surface area contributed by atoms with Gasteiger partial charge >= 0.3 is 5.97 Å². The summed E-state index contributed by atoms with van der Waals surface area (Å²) in [6.45, 7) is 0.499. The molecule has 0 aromatic heterocycles. The van der Waals surface area contributed by atoms with Crippen molar-refractivity contribution >= 4 is 35.5 Å². The fourth-order valence-corrected chi connectivity index (χ4v) is 2.98. The average molecular weight is 369 g/mol. The maximum Gasteiger partial charge on any atom is 0.338 e. The van der Waals surface area contributed by atoms with Gasteiger partial charge in [-0.3, -0.25) is 0 Å². The SMILES string of the molecule is O=C(OCCOc1ccccc1)c1cccc2c1Cc1ccccc1O2.[Na]. The maximum absolute atomic E-state index is 12.5. The van der Waals surface area contributed by atoms with Crippen molar-refractivity contribution in [2.75, 3.05) is 13.2 Å². The van der Waals surface area contributed by atoms with Crippen LogP contribution < -0.4 is 9.47 Å². The van der Waals surface area contributed by atoms with E-state index in [1.807, 2.05) is 66.7 Å². The summed E-state index contributed by atoms with van der Waals surface area (Å²) in [5, 5.41) is 0. The largest absolute Gasteiger partial charge is 0.490 e. The van der Waals surface area contributed by atoms with Crippen molar-refractivity contribution < 1.29 is 19.0 Å². The van der Waals surface area contributed by atoms with E-state index in [0.29, 0.717) is 24.3 Å². The summed E-state index contributed by atoms with van der Waals surface area (Å²) in [4.78, 5) is 12.5. The Morgan fingerprint density at radius 2 is 1.59 bits per heavy atom. The van der Waals surface area contributed by atoms with Gasteiger partial charge in [-0.2, -0.15) is 0 Å². The van der Waals surface area contributed by atoms with E-state index in [1.165, 1.54) is 0 Å². The van der Waals surface area contributed by atoms with Crippen LogP contribution in [0.2, 0.25) is 0 Å². The van der Waals surface area contributed by atoms with Crippen molar-refractivity contribution in [3.63, 3.8) is 0 Å². The van der Waals surface area contributed by atoms with Crippen molar-refractivity contribution in [2.24, 2.45) is 0 Å². The Kier molecular flexibility index (Phi) is 6.56. The molecule has 1 heterocycles. The number of carbonyl (C=O) groups is 1. The number of hydrogen-bond donors (Lipinski definition) is 0. The van der Waals surface area contributed by atoms with Crippen LogP contribution in [0.1, 0.15) is 21.5 Å². The first-order chi connectivity index (χ1) is 12.8. The summed E-state index contributed by atoms with van der Waals surface area (Å²) in [7, 11) is 0. The van der Waals surface area contributed by atoms with Gasteiger partial charge in [0.05, 0.1) is 5.56 Å². The standard InChI is InChI=1S/C22H18O4.Na/c23-22(25-14-13-24-17-8-2-1-3-9-17)18-10-6-12-21-19(18)15-16-7-4-5-11-20(16)26-21;/h1-12H,13-15H2;. The summed E-state index contributed by atoms with van der Waals surface area (Å²) in [6, 6.07) is 22.8. The number of para-hydroxylation sites is 2. The molecule has 0 amide bonds. The van der Waals surface area contributed by atoms with Gasteiger partial charge in [0.15, 0.2) is 0 Å². The summed E-state index contributed by atoms with van der Waals surface area (Å²) in [6.07, 6.45) is 0.650. The number of benzene rings is 3. The fraction of sp³-hybridized carbons (Fsp3) is 0.136. The Labute approximate surface area is 180 Å². The Hall–Kier alpha value is -2.27. The third kappa shape index (κ3) is 4.53. The number of hydrogen-bond acceptors (Lipinski definition) is 4. The molecular formula is C22H18NaO4. The third-order valence-electron chi connectivity index (χ3n) is 4.24. The molecule has 0 bridgehead atoms. The van der Waals surface area contributed by atoms with Crippen LogP contribution >= 0.6 is 0 Å². The van der Waals surface area contributed by atoms with Crippen LogP contribution in [0.3, 0.4) is 0 Å². The van der Waals surface area contributed by atoms with Crippen molar-refractivity contribution in [3.05, 3.63) is 89.5 Å². The molecule has 0 unspecified atom stereocenters. The van der Waals surface area contributed by atoms with E-state index in [-0.39, 0.29) is 42.1 Å². The van der Waals surface area contributed by atoms with Crippen LogP contribution in [0.15, 0.2) is 72.8 Å². The van der Waals surface area contributed by atoms with Crippen LogP contribution in [-0.4, -0.2) is 48.7 Å². The molecule has 3 aromatic rings. The van der Waals surface area contributed by atoms with Crippen LogP contribution in [0.5, 0.6) is 17.2 Å². The van der Waals surface area contributed by atoms with Gasteiger partial charge in [0.1, 0.15) is 30.5 Å². The number of esters is 1. The fourth-order valence-electron chi connectivity index (χ4n) is 2.98. The van der Waals surface area contributed by atoms with Crippen molar-refractivity contribution in [1.29, 1.82) is 0 Å². The molecule has 0 saturated carbocycles. The van der Waals surface area contributed by atoms with Gasteiger partial charge in [0.25, 0.3) is 0 Å². The topological polar surface area (TPSA) is 44.8 Å². The van der Waals surface area contributed by atoms with Crippen LogP contribution in [-0.2, 0) is 11.2 Å². The van der Waals surface area contributed by atoms with Crippen molar-refractivity contribution in [3.8, 4) is 17.2 Å². The van der Waals surface area contributed by atoms with E-state index in [0.717, 1.165) is 22.6 Å². The normalized spacial score (nSPS) is 11.3. The second kappa shape index (κ2) is 9.09. The number of carbonyl (C=O) groups excluding carboxylic acids is 1. The minimum atomic E-state index is -0.360. The van der Waals surface area contributed by atoms with Crippen molar-refractivity contribution in [2.45, 2.75) is 6.42 Å². The van der Waals surface area contributed by atoms with Crippen LogP contribution in [0.4, 0.5) is 0 Å². The number of fused-ring (bicyclic) bond motifs is 2. The van der Waals surface area contributed by atoms with Crippen molar-refractivity contribution in [1.82, 2.24) is 0 Å². The van der Waals surface area contributed by atoms with E-state index in [2.05, 4.69) is 0 Å². The zero-order valence-electron chi connectivity index (χ0n) is 15.2. The molecule has 27 heavy (non-hydrogen) atoms. The summed E-state index contributed by atoms with van der Waals surface area (Å²) < 4.78 is 16.9. The first kappa shape index (κ1) is 19.5. The Morgan fingerprint density at radius 3 is 2.44 bits per heavy atom. The minimum Gasteiger partial charge on any atom is -0.490 e. The van der Waals surface area contributed by atoms with E-state index < -0.39 is 0 Å². The molecule has 0 aliphatic carbocycles. The number of rotatable bonds is 5. The van der Waals surface area contributed by atoms with Gasteiger partial charge in [-0.05, 0) is 35.9 Å². The molecule has 1 aliphatic rings. The molecule has 4 rings (SSSR count). The average Bonchev–Trinajstić information content (AvgIpc) is 2.70. The predicted molar refractivity (Wildman–Crippen MR) is 104 cm³/mol. The summed E-state index contributed by atoms with van der Waals surface area (Å²) in [5.41, 5.74) is 2.46. The van der Waals surface area contributed by atoms with E-state index in [4.69, 9.17) is 14.2 Å². The molecule has 1 radical (unpaired) electrons. The van der Waals surface area contributed by atoms with Gasteiger partial charge < -0.3 is 14.2 Å². The molecule has 0 saturated heterocycles. The van der Waals surface area contributed by atoms with Gasteiger partial charge in [-0.15, -0.1) is 0 Å². The Bertz CT molecular complexity index is 925. The molecule has 0 atom stereocenters. The maximum atomic E-state index is 12.5. The van der Waals surface area contributed by atoms with Gasteiger partial charge in [0.2, 0.25) is 0 Å². The first-order valence-electron chi connectivity index (χ1n) is 8.54. The predicted octanol–water partition coefficient (Wildman–Crippen LogP) is 4.24. The minimum absolute atomic E-state index is 0. The van der Waals surface area contributed by atoms with Gasteiger partial charge in [-0.1, -0.05) is 42.5 Å². The molecule has 5 heteroatoms. The Morgan fingerprint density at radius 1 is 0.852 bits per heavy atom. The second-order valence-corrected chi connectivity index (χ2v) is 5.97. The molecule has 1 aliphatic heterocycles. The first-order valence-corrected chi connectivity index (χ1v) is 8.54. The third-order valence-corrected chi connectivity index (χ3v) is 4.24. The van der Waals surface area contributed by atoms with E-state index in [9.17, 15) is 4.79 Å². The Balaban J connectivity index is 0.00000210. The van der Waals surface area contributed by atoms with Crippen LogP contribution in [0.25, 0.3) is 0 Å². The zero-order chi connectivity index (χ0) is 17.8.